The molecule has 0 bridgehead atoms. The van der Waals surface area contributed by atoms with Gasteiger partial charge in [0.05, 0.1) is 23.9 Å². The van der Waals surface area contributed by atoms with Crippen molar-refractivity contribution in [3.05, 3.63) is 70.3 Å². The monoisotopic (exact) mass is 303 g/mol. The van der Waals surface area contributed by atoms with Crippen LogP contribution in [0.4, 0.5) is 0 Å². The quantitative estimate of drug-likeness (QED) is 0.874. The molecular weight excluding hydrogens is 282 g/mol. The normalized spacial score (nSPS) is 15.0. The Labute approximate surface area is 137 Å². The first-order valence-corrected chi connectivity index (χ1v) is 8.00. The van der Waals surface area contributed by atoms with E-state index in [1.54, 1.807) is 0 Å². The van der Waals surface area contributed by atoms with Gasteiger partial charge >= 0.3 is 0 Å². The molecule has 0 fully saturated rings. The van der Waals surface area contributed by atoms with E-state index < -0.39 is 0 Å². The maximum atomic E-state index is 9.44. The van der Waals surface area contributed by atoms with Crippen LogP contribution in [0.2, 0.25) is 0 Å². The zero-order valence-corrected chi connectivity index (χ0v) is 13.7. The Hall–Kier alpha value is -2.44. The zero-order chi connectivity index (χ0) is 16.2. The van der Waals surface area contributed by atoms with Gasteiger partial charge in [0.1, 0.15) is 0 Å². The van der Waals surface area contributed by atoms with Gasteiger partial charge < -0.3 is 4.90 Å². The highest BCUT2D eigenvalue weighted by Gasteiger charge is 2.20. The molecule has 2 aromatic rings. The van der Waals surface area contributed by atoms with Crippen molar-refractivity contribution >= 4 is 5.71 Å². The molecule has 116 valence electrons. The summed E-state index contributed by atoms with van der Waals surface area (Å²) in [6.45, 7) is 1.67. The van der Waals surface area contributed by atoms with Crippen molar-refractivity contribution in [3.63, 3.8) is 0 Å². The van der Waals surface area contributed by atoms with Crippen molar-refractivity contribution in [2.75, 3.05) is 27.2 Å². The molecule has 0 aliphatic heterocycles. The third-order valence-electron chi connectivity index (χ3n) is 4.29. The molecule has 1 aliphatic rings. The topological polar surface area (TPSA) is 39.4 Å². The fourth-order valence-electron chi connectivity index (χ4n) is 3.09. The van der Waals surface area contributed by atoms with Crippen LogP contribution in [0.15, 0.2) is 47.5 Å². The Bertz CT molecular complexity index is 782. The van der Waals surface area contributed by atoms with Crippen molar-refractivity contribution in [3.8, 4) is 6.07 Å². The molecule has 0 N–H and O–H groups in total. The largest absolute Gasteiger partial charge is 0.308 e. The van der Waals surface area contributed by atoms with Crippen LogP contribution >= 0.6 is 0 Å². The Morgan fingerprint density at radius 1 is 1.04 bits per heavy atom. The molecule has 0 unspecified atom stereocenters. The highest BCUT2D eigenvalue weighted by atomic mass is 15.1. The van der Waals surface area contributed by atoms with Crippen LogP contribution in [0.1, 0.15) is 27.8 Å². The molecule has 0 amide bonds. The first-order valence-electron chi connectivity index (χ1n) is 8.00. The lowest BCUT2D eigenvalue weighted by molar-refractivity contribution is 0.420. The van der Waals surface area contributed by atoms with E-state index in [4.69, 9.17) is 4.99 Å². The first-order chi connectivity index (χ1) is 11.2. The van der Waals surface area contributed by atoms with Gasteiger partial charge in [0.15, 0.2) is 0 Å². The van der Waals surface area contributed by atoms with Gasteiger partial charge in [-0.2, -0.15) is 5.26 Å². The second-order valence-electron chi connectivity index (χ2n) is 6.13. The summed E-state index contributed by atoms with van der Waals surface area (Å²) in [6.07, 6.45) is 1.84. The third kappa shape index (κ3) is 3.18. The van der Waals surface area contributed by atoms with E-state index in [1.165, 1.54) is 11.1 Å². The van der Waals surface area contributed by atoms with Crippen LogP contribution in [-0.2, 0) is 12.8 Å². The number of aryl methyl sites for hydroxylation is 1. The minimum Gasteiger partial charge on any atom is -0.308 e. The van der Waals surface area contributed by atoms with Crippen LogP contribution < -0.4 is 0 Å². The molecule has 3 nitrogen and oxygen atoms in total. The Balaban J connectivity index is 2.14. The molecular formula is C20H21N3. The molecule has 0 aromatic heterocycles. The minimum absolute atomic E-state index is 0.757. The molecule has 3 rings (SSSR count). The van der Waals surface area contributed by atoms with Crippen molar-refractivity contribution in [2.45, 2.75) is 12.8 Å². The van der Waals surface area contributed by atoms with E-state index in [9.17, 15) is 5.26 Å². The van der Waals surface area contributed by atoms with E-state index in [0.717, 1.165) is 48.3 Å². The highest BCUT2D eigenvalue weighted by molar-refractivity contribution is 6.15. The lowest BCUT2D eigenvalue weighted by atomic mass is 9.95. The summed E-state index contributed by atoms with van der Waals surface area (Å²) in [7, 11) is 4.12. The summed E-state index contributed by atoms with van der Waals surface area (Å²) in [5.74, 6) is 0. The van der Waals surface area contributed by atoms with Gasteiger partial charge in [-0.25, -0.2) is 0 Å². The smallest absolute Gasteiger partial charge is 0.0994 e. The van der Waals surface area contributed by atoms with E-state index in [2.05, 4.69) is 55.4 Å². The maximum Gasteiger partial charge on any atom is 0.0994 e. The second-order valence-corrected chi connectivity index (χ2v) is 6.13. The number of benzene rings is 2. The number of hydrogen-bond donors (Lipinski definition) is 0. The average Bonchev–Trinajstić information content (AvgIpc) is 2.72. The Morgan fingerprint density at radius 3 is 2.61 bits per heavy atom. The zero-order valence-electron chi connectivity index (χ0n) is 13.7. The highest BCUT2D eigenvalue weighted by Crippen LogP contribution is 2.27. The van der Waals surface area contributed by atoms with Gasteiger partial charge in [-0.3, -0.25) is 4.99 Å². The summed E-state index contributed by atoms with van der Waals surface area (Å²) in [5, 5.41) is 9.44. The molecule has 2 aromatic carbocycles. The molecule has 0 saturated heterocycles. The number of hydrogen-bond acceptors (Lipinski definition) is 3. The van der Waals surface area contributed by atoms with Crippen molar-refractivity contribution in [1.29, 1.82) is 5.26 Å². The van der Waals surface area contributed by atoms with Crippen molar-refractivity contribution < 1.29 is 0 Å². The standard InChI is InChI=1S/C20H21N3/c1-23(2)13-12-22-20-18-8-4-3-6-15(18)10-11-17-16(14-21)7-5-9-19(17)20/h3-9H,10-13H2,1-2H3. The number of aliphatic imine (C=N–C) groups is 1. The first kappa shape index (κ1) is 15.5. The molecule has 23 heavy (non-hydrogen) atoms. The van der Waals surface area contributed by atoms with Crippen LogP contribution in [0.25, 0.3) is 0 Å². The van der Waals surface area contributed by atoms with Gasteiger partial charge in [0, 0.05) is 17.7 Å². The van der Waals surface area contributed by atoms with Crippen molar-refractivity contribution in [2.24, 2.45) is 4.99 Å². The van der Waals surface area contributed by atoms with Crippen molar-refractivity contribution in [1.82, 2.24) is 4.90 Å². The van der Waals surface area contributed by atoms with Gasteiger partial charge in [0.25, 0.3) is 0 Å². The molecule has 0 atom stereocenters. The number of likely N-dealkylation sites (N-methyl/N-ethyl adjacent to an activating group) is 1. The molecule has 0 heterocycles. The SMILES string of the molecule is CN(C)CCN=C1c2ccccc2CCc2c(C#N)cccc21. The Kier molecular flexibility index (Phi) is 4.55. The molecule has 0 spiro atoms. The molecule has 1 aliphatic carbocycles. The number of nitrogens with zero attached hydrogens (tertiary/aromatic N) is 3. The van der Waals surface area contributed by atoms with E-state index in [1.807, 2.05) is 12.1 Å². The van der Waals surface area contributed by atoms with Crippen LogP contribution in [0.5, 0.6) is 0 Å². The third-order valence-corrected chi connectivity index (χ3v) is 4.29. The summed E-state index contributed by atoms with van der Waals surface area (Å²) in [5.41, 5.74) is 6.58. The fourth-order valence-corrected chi connectivity index (χ4v) is 3.09. The summed E-state index contributed by atoms with van der Waals surface area (Å²) in [4.78, 5) is 7.05. The molecule has 3 heteroatoms. The summed E-state index contributed by atoms with van der Waals surface area (Å²) < 4.78 is 0. The van der Waals surface area contributed by atoms with Gasteiger partial charge in [-0.1, -0.05) is 36.4 Å². The average molecular weight is 303 g/mol. The van der Waals surface area contributed by atoms with E-state index in [-0.39, 0.29) is 0 Å². The Morgan fingerprint density at radius 2 is 1.83 bits per heavy atom. The lowest BCUT2D eigenvalue weighted by Gasteiger charge is -2.13. The fraction of sp³-hybridized carbons (Fsp3) is 0.300. The van der Waals surface area contributed by atoms with Gasteiger partial charge in [-0.15, -0.1) is 0 Å². The predicted molar refractivity (Wildman–Crippen MR) is 94.1 cm³/mol. The molecule has 0 radical (unpaired) electrons. The number of fused-ring (bicyclic) bond motifs is 2. The summed E-state index contributed by atoms with van der Waals surface area (Å²) >= 11 is 0. The number of nitriles is 1. The van der Waals surface area contributed by atoms with E-state index in [0.29, 0.717) is 0 Å². The van der Waals surface area contributed by atoms with Gasteiger partial charge in [-0.05, 0) is 44.1 Å². The summed E-state index contributed by atoms with van der Waals surface area (Å²) in [6, 6.07) is 16.8. The lowest BCUT2D eigenvalue weighted by Crippen LogP contribution is -2.17. The predicted octanol–water partition coefficient (Wildman–Crippen LogP) is 3.06. The molecule has 0 saturated carbocycles. The van der Waals surface area contributed by atoms with Crippen LogP contribution in [0, 0.1) is 11.3 Å². The van der Waals surface area contributed by atoms with Crippen LogP contribution in [0.3, 0.4) is 0 Å². The van der Waals surface area contributed by atoms with Crippen LogP contribution in [-0.4, -0.2) is 37.8 Å². The number of rotatable bonds is 3. The second kappa shape index (κ2) is 6.76. The van der Waals surface area contributed by atoms with Gasteiger partial charge in [0.2, 0.25) is 0 Å². The maximum absolute atomic E-state index is 9.44. The minimum atomic E-state index is 0.757. The van der Waals surface area contributed by atoms with E-state index >= 15 is 0 Å².